The summed E-state index contributed by atoms with van der Waals surface area (Å²) in [6, 6.07) is 10.2. The number of aliphatic imine (C=N–C) groups is 1. The molecule has 0 amide bonds. The molecule has 0 aliphatic carbocycles. The van der Waals surface area contributed by atoms with Gasteiger partial charge >= 0.3 is 5.97 Å². The summed E-state index contributed by atoms with van der Waals surface area (Å²) in [4.78, 5) is 15.6. The van der Waals surface area contributed by atoms with E-state index in [0.29, 0.717) is 13.0 Å². The Balaban J connectivity index is 0.00000484. The lowest BCUT2D eigenvalue weighted by atomic mass is 10.2. The third kappa shape index (κ3) is 11.0. The standard InChI is InChI=1S/C17H27N3O2.HI/c1-3-18-17(20-14-15-10-6-4-7-11-15)19-13-9-5-8-12-16(21)22-2;/h4,6-7,10-11H,3,5,8-9,12-14H2,1-2H3,(H2,18,19,20);1H. The minimum atomic E-state index is -0.134. The van der Waals surface area contributed by atoms with E-state index in [1.807, 2.05) is 18.2 Å². The van der Waals surface area contributed by atoms with Crippen LogP contribution in [0.1, 0.15) is 38.2 Å². The summed E-state index contributed by atoms with van der Waals surface area (Å²) in [6.45, 7) is 4.40. The molecule has 0 radical (unpaired) electrons. The van der Waals surface area contributed by atoms with Crippen molar-refractivity contribution in [2.75, 3.05) is 20.2 Å². The van der Waals surface area contributed by atoms with Crippen LogP contribution in [0.3, 0.4) is 0 Å². The molecule has 0 spiro atoms. The fraction of sp³-hybridized carbons (Fsp3) is 0.529. The minimum absolute atomic E-state index is 0. The fourth-order valence-corrected chi connectivity index (χ4v) is 1.98. The van der Waals surface area contributed by atoms with Crippen LogP contribution in [-0.2, 0) is 16.1 Å². The van der Waals surface area contributed by atoms with Gasteiger partial charge in [-0.05, 0) is 25.3 Å². The molecular weight excluding hydrogens is 405 g/mol. The number of halogens is 1. The normalized spacial score (nSPS) is 10.6. The van der Waals surface area contributed by atoms with Gasteiger partial charge in [0.05, 0.1) is 13.7 Å². The zero-order valence-corrected chi connectivity index (χ0v) is 16.3. The largest absolute Gasteiger partial charge is 0.469 e. The summed E-state index contributed by atoms with van der Waals surface area (Å²) >= 11 is 0. The first-order chi connectivity index (χ1) is 10.8. The number of hydrogen-bond acceptors (Lipinski definition) is 3. The van der Waals surface area contributed by atoms with Crippen molar-refractivity contribution < 1.29 is 9.53 Å². The van der Waals surface area contributed by atoms with Crippen LogP contribution >= 0.6 is 24.0 Å². The van der Waals surface area contributed by atoms with E-state index >= 15 is 0 Å². The number of nitrogens with one attached hydrogen (secondary N) is 2. The van der Waals surface area contributed by atoms with Crippen LogP contribution in [0.15, 0.2) is 35.3 Å². The number of hydrogen-bond donors (Lipinski definition) is 2. The lowest BCUT2D eigenvalue weighted by Crippen LogP contribution is -2.37. The van der Waals surface area contributed by atoms with Gasteiger partial charge in [0.1, 0.15) is 0 Å². The molecule has 0 saturated heterocycles. The van der Waals surface area contributed by atoms with E-state index < -0.39 is 0 Å². The first kappa shape index (κ1) is 21.7. The smallest absolute Gasteiger partial charge is 0.305 e. The molecule has 0 aliphatic heterocycles. The Labute approximate surface area is 156 Å². The van der Waals surface area contributed by atoms with Gasteiger partial charge in [-0.25, -0.2) is 4.99 Å². The van der Waals surface area contributed by atoms with Crippen molar-refractivity contribution in [1.82, 2.24) is 10.6 Å². The highest BCUT2D eigenvalue weighted by Crippen LogP contribution is 2.01. The van der Waals surface area contributed by atoms with Crippen molar-refractivity contribution >= 4 is 35.9 Å². The Hall–Kier alpha value is -1.31. The average Bonchev–Trinajstić information content (AvgIpc) is 2.56. The second-order valence-corrected chi connectivity index (χ2v) is 4.99. The van der Waals surface area contributed by atoms with Gasteiger partial charge in [0, 0.05) is 19.5 Å². The summed E-state index contributed by atoms with van der Waals surface area (Å²) < 4.78 is 4.62. The van der Waals surface area contributed by atoms with Crippen LogP contribution in [0.2, 0.25) is 0 Å². The second-order valence-electron chi connectivity index (χ2n) is 4.99. The van der Waals surface area contributed by atoms with E-state index in [4.69, 9.17) is 0 Å². The Kier molecular flexibility index (Phi) is 13.5. The molecule has 6 heteroatoms. The molecule has 0 heterocycles. The van der Waals surface area contributed by atoms with Crippen LogP contribution in [0.25, 0.3) is 0 Å². The Morgan fingerprint density at radius 2 is 1.87 bits per heavy atom. The van der Waals surface area contributed by atoms with Crippen LogP contribution in [0.5, 0.6) is 0 Å². The Bertz CT molecular complexity index is 452. The summed E-state index contributed by atoms with van der Waals surface area (Å²) in [5.41, 5.74) is 1.19. The number of ether oxygens (including phenoxy) is 1. The number of carbonyl (C=O) groups excluding carboxylic acids is 1. The molecule has 0 saturated carbocycles. The predicted octanol–water partition coefficient (Wildman–Crippen LogP) is 3.09. The van der Waals surface area contributed by atoms with E-state index in [9.17, 15) is 4.79 Å². The lowest BCUT2D eigenvalue weighted by molar-refractivity contribution is -0.140. The molecule has 0 atom stereocenters. The van der Waals surface area contributed by atoms with Gasteiger partial charge in [-0.15, -0.1) is 24.0 Å². The number of esters is 1. The second kappa shape index (κ2) is 14.3. The predicted molar refractivity (Wildman–Crippen MR) is 105 cm³/mol. The first-order valence-electron chi connectivity index (χ1n) is 7.89. The molecule has 0 fully saturated rings. The molecule has 5 nitrogen and oxygen atoms in total. The maximum atomic E-state index is 11.0. The van der Waals surface area contributed by atoms with Gasteiger partial charge in [0.25, 0.3) is 0 Å². The van der Waals surface area contributed by atoms with Gasteiger partial charge in [-0.3, -0.25) is 4.79 Å². The summed E-state index contributed by atoms with van der Waals surface area (Å²) in [7, 11) is 1.43. The first-order valence-corrected chi connectivity index (χ1v) is 7.89. The number of nitrogens with zero attached hydrogens (tertiary/aromatic N) is 1. The maximum Gasteiger partial charge on any atom is 0.305 e. The molecule has 23 heavy (non-hydrogen) atoms. The lowest BCUT2D eigenvalue weighted by Gasteiger charge is -2.11. The maximum absolute atomic E-state index is 11.0. The van der Waals surface area contributed by atoms with Crippen LogP contribution in [0, 0.1) is 0 Å². The van der Waals surface area contributed by atoms with Crippen molar-refractivity contribution in [2.24, 2.45) is 4.99 Å². The molecule has 130 valence electrons. The van der Waals surface area contributed by atoms with Crippen LogP contribution < -0.4 is 10.6 Å². The molecule has 2 N–H and O–H groups in total. The van der Waals surface area contributed by atoms with Gasteiger partial charge < -0.3 is 15.4 Å². The van der Waals surface area contributed by atoms with Crippen LogP contribution in [-0.4, -0.2) is 32.1 Å². The van der Waals surface area contributed by atoms with Crippen molar-refractivity contribution in [1.29, 1.82) is 0 Å². The Morgan fingerprint density at radius 1 is 1.13 bits per heavy atom. The van der Waals surface area contributed by atoms with Crippen LogP contribution in [0.4, 0.5) is 0 Å². The molecule has 0 aromatic heterocycles. The third-order valence-electron chi connectivity index (χ3n) is 3.18. The SMILES string of the molecule is CCNC(=NCc1ccccc1)NCCCCCC(=O)OC.I. The van der Waals surface area contributed by atoms with Crippen molar-refractivity contribution in [3.05, 3.63) is 35.9 Å². The number of benzene rings is 1. The molecule has 1 rings (SSSR count). The molecule has 0 bridgehead atoms. The minimum Gasteiger partial charge on any atom is -0.469 e. The van der Waals surface area contributed by atoms with E-state index in [1.54, 1.807) is 0 Å². The number of guanidine groups is 1. The number of unbranched alkanes of at least 4 members (excludes halogenated alkanes) is 2. The molecular formula is C17H28IN3O2. The third-order valence-corrected chi connectivity index (χ3v) is 3.18. The quantitative estimate of drug-likeness (QED) is 0.207. The average molecular weight is 433 g/mol. The molecule has 1 aromatic carbocycles. The number of carbonyl (C=O) groups is 1. The van der Waals surface area contributed by atoms with Gasteiger partial charge in [0.2, 0.25) is 0 Å². The molecule has 0 aliphatic rings. The Morgan fingerprint density at radius 3 is 2.52 bits per heavy atom. The molecule has 1 aromatic rings. The summed E-state index contributed by atoms with van der Waals surface area (Å²) in [5.74, 6) is 0.699. The van der Waals surface area contributed by atoms with Crippen molar-refractivity contribution in [2.45, 2.75) is 39.2 Å². The van der Waals surface area contributed by atoms with Gasteiger partial charge in [-0.1, -0.05) is 36.8 Å². The summed E-state index contributed by atoms with van der Waals surface area (Å²) in [5, 5.41) is 6.55. The summed E-state index contributed by atoms with van der Waals surface area (Å²) in [6.07, 6.45) is 3.37. The van der Waals surface area contributed by atoms with E-state index in [-0.39, 0.29) is 29.9 Å². The topological polar surface area (TPSA) is 62.7 Å². The molecule has 0 unspecified atom stereocenters. The monoisotopic (exact) mass is 433 g/mol. The van der Waals surface area contributed by atoms with E-state index in [1.165, 1.54) is 12.7 Å². The zero-order valence-electron chi connectivity index (χ0n) is 14.0. The highest BCUT2D eigenvalue weighted by molar-refractivity contribution is 14.0. The van der Waals surface area contributed by atoms with Crippen molar-refractivity contribution in [3.8, 4) is 0 Å². The zero-order chi connectivity index (χ0) is 16.0. The van der Waals surface area contributed by atoms with E-state index in [2.05, 4.69) is 39.4 Å². The number of methoxy groups -OCH3 is 1. The highest BCUT2D eigenvalue weighted by Gasteiger charge is 2.00. The van der Waals surface area contributed by atoms with E-state index in [0.717, 1.165) is 38.3 Å². The van der Waals surface area contributed by atoms with Gasteiger partial charge in [-0.2, -0.15) is 0 Å². The number of rotatable bonds is 9. The highest BCUT2D eigenvalue weighted by atomic mass is 127. The van der Waals surface area contributed by atoms with Crippen molar-refractivity contribution in [3.63, 3.8) is 0 Å². The van der Waals surface area contributed by atoms with Gasteiger partial charge in [0.15, 0.2) is 5.96 Å². The fourth-order valence-electron chi connectivity index (χ4n) is 1.98.